The van der Waals surface area contributed by atoms with E-state index in [2.05, 4.69) is 0 Å². The minimum absolute atomic E-state index is 0.245. The van der Waals surface area contributed by atoms with Gasteiger partial charge in [-0.2, -0.15) is 0 Å². The van der Waals surface area contributed by atoms with Crippen LogP contribution >= 0.6 is 0 Å². The summed E-state index contributed by atoms with van der Waals surface area (Å²) < 4.78 is 10.1. The maximum Gasteiger partial charge on any atom is 0.331 e. The van der Waals surface area contributed by atoms with Crippen molar-refractivity contribution in [1.29, 1.82) is 0 Å². The number of hydrogen-bond donors (Lipinski definition) is 0. The molecule has 112 valence electrons. The molecule has 4 heteroatoms. The third-order valence-electron chi connectivity index (χ3n) is 2.78. The molecule has 0 aliphatic carbocycles. The molecule has 0 amide bonds. The number of carbonyl (C=O) groups is 2. The smallest absolute Gasteiger partial charge is 0.331 e. The van der Waals surface area contributed by atoms with Crippen molar-refractivity contribution in [2.75, 3.05) is 0 Å². The summed E-state index contributed by atoms with van der Waals surface area (Å²) >= 11 is 0. The van der Waals surface area contributed by atoms with E-state index in [9.17, 15) is 9.59 Å². The maximum atomic E-state index is 11.6. The topological polar surface area (TPSA) is 52.6 Å². The van der Waals surface area contributed by atoms with Crippen LogP contribution in [0.3, 0.4) is 0 Å². The average molecular weight is 296 g/mol. The minimum atomic E-state index is -0.409. The Balaban J connectivity index is 1.85. The van der Waals surface area contributed by atoms with Gasteiger partial charge in [-0.05, 0) is 29.3 Å². The van der Waals surface area contributed by atoms with Crippen molar-refractivity contribution < 1.29 is 19.1 Å². The van der Waals surface area contributed by atoms with Gasteiger partial charge in [0.2, 0.25) is 0 Å². The van der Waals surface area contributed by atoms with Crippen LogP contribution in [0.15, 0.2) is 60.7 Å². The van der Waals surface area contributed by atoms with E-state index in [0.29, 0.717) is 5.75 Å². The summed E-state index contributed by atoms with van der Waals surface area (Å²) in [5.74, 6) is -0.308. The molecule has 0 aromatic heterocycles. The van der Waals surface area contributed by atoms with Gasteiger partial charge in [-0.3, -0.25) is 4.79 Å². The van der Waals surface area contributed by atoms with Crippen molar-refractivity contribution >= 4 is 18.0 Å². The highest BCUT2D eigenvalue weighted by Crippen LogP contribution is 2.13. The Morgan fingerprint density at radius 3 is 2.32 bits per heavy atom. The first-order valence-electron chi connectivity index (χ1n) is 6.81. The lowest BCUT2D eigenvalue weighted by Gasteiger charge is -2.02. The lowest BCUT2D eigenvalue weighted by Crippen LogP contribution is -2.01. The summed E-state index contributed by atoms with van der Waals surface area (Å²) in [6.45, 7) is 1.59. The zero-order valence-corrected chi connectivity index (χ0v) is 12.2. The fraction of sp³-hybridized carbons (Fsp3) is 0.111. The molecule has 0 unspecified atom stereocenters. The van der Waals surface area contributed by atoms with Crippen LogP contribution in [0.5, 0.6) is 5.75 Å². The van der Waals surface area contributed by atoms with Crippen LogP contribution in [0.4, 0.5) is 0 Å². The molecule has 0 fully saturated rings. The molecule has 0 N–H and O–H groups in total. The van der Waals surface area contributed by atoms with Crippen LogP contribution in [0.2, 0.25) is 0 Å². The Labute approximate surface area is 129 Å². The van der Waals surface area contributed by atoms with Crippen LogP contribution in [0.1, 0.15) is 18.1 Å². The van der Waals surface area contributed by atoms with Crippen LogP contribution in [-0.4, -0.2) is 11.9 Å². The summed E-state index contributed by atoms with van der Waals surface area (Å²) in [5, 5.41) is 0. The minimum Gasteiger partial charge on any atom is -0.458 e. The van der Waals surface area contributed by atoms with Gasteiger partial charge in [0, 0.05) is 13.0 Å². The first-order valence-corrected chi connectivity index (χ1v) is 6.81. The second-order valence-electron chi connectivity index (χ2n) is 4.59. The van der Waals surface area contributed by atoms with Gasteiger partial charge in [0.15, 0.2) is 0 Å². The summed E-state index contributed by atoms with van der Waals surface area (Å²) in [7, 11) is 0. The molecule has 22 heavy (non-hydrogen) atoms. The average Bonchev–Trinajstić information content (AvgIpc) is 2.53. The third kappa shape index (κ3) is 5.25. The number of rotatable bonds is 5. The lowest BCUT2D eigenvalue weighted by molar-refractivity contribution is -0.139. The van der Waals surface area contributed by atoms with Gasteiger partial charge in [-0.25, -0.2) is 4.79 Å². The predicted octanol–water partition coefficient (Wildman–Crippen LogP) is 3.37. The summed E-state index contributed by atoms with van der Waals surface area (Å²) in [4.78, 5) is 22.4. The van der Waals surface area contributed by atoms with Crippen molar-refractivity contribution in [2.24, 2.45) is 0 Å². The monoisotopic (exact) mass is 296 g/mol. The molecule has 2 rings (SSSR count). The molecule has 0 saturated heterocycles. The second kappa shape index (κ2) is 7.78. The quantitative estimate of drug-likeness (QED) is 0.482. The van der Waals surface area contributed by atoms with E-state index in [1.807, 2.05) is 30.3 Å². The van der Waals surface area contributed by atoms with E-state index in [1.54, 1.807) is 30.3 Å². The van der Waals surface area contributed by atoms with Crippen molar-refractivity contribution in [2.45, 2.75) is 13.5 Å². The summed E-state index contributed by atoms with van der Waals surface area (Å²) in [6.07, 6.45) is 3.01. The Morgan fingerprint density at radius 2 is 1.68 bits per heavy atom. The van der Waals surface area contributed by atoms with Gasteiger partial charge in [-0.15, -0.1) is 0 Å². The Kier molecular flexibility index (Phi) is 5.49. The largest absolute Gasteiger partial charge is 0.458 e. The third-order valence-corrected chi connectivity index (χ3v) is 2.78. The highest BCUT2D eigenvalue weighted by Gasteiger charge is 1.99. The van der Waals surface area contributed by atoms with Gasteiger partial charge < -0.3 is 9.47 Å². The van der Waals surface area contributed by atoms with Crippen molar-refractivity contribution in [3.63, 3.8) is 0 Å². The molecule has 2 aromatic carbocycles. The number of esters is 2. The summed E-state index contributed by atoms with van der Waals surface area (Å²) in [6, 6.07) is 16.3. The van der Waals surface area contributed by atoms with Gasteiger partial charge in [-0.1, -0.05) is 42.5 Å². The van der Waals surface area contributed by atoms with Gasteiger partial charge >= 0.3 is 11.9 Å². The standard InChI is InChI=1S/C18H16O4/c1-14(19)22-17-10-7-15(8-11-17)9-12-18(20)21-13-16-5-3-2-4-6-16/h2-12H,13H2,1H3. The zero-order valence-electron chi connectivity index (χ0n) is 12.2. The fourth-order valence-corrected chi connectivity index (χ4v) is 1.75. The molecular formula is C18H16O4. The molecule has 0 saturated carbocycles. The molecule has 0 atom stereocenters. The van der Waals surface area contributed by atoms with E-state index < -0.39 is 5.97 Å². The molecule has 0 radical (unpaired) electrons. The number of hydrogen-bond acceptors (Lipinski definition) is 4. The second-order valence-corrected chi connectivity index (χ2v) is 4.59. The van der Waals surface area contributed by atoms with Crippen molar-refractivity contribution in [3.8, 4) is 5.75 Å². The highest BCUT2D eigenvalue weighted by molar-refractivity contribution is 5.87. The van der Waals surface area contributed by atoms with Crippen molar-refractivity contribution in [1.82, 2.24) is 0 Å². The normalized spacial score (nSPS) is 10.4. The van der Waals surface area contributed by atoms with E-state index in [4.69, 9.17) is 9.47 Å². The SMILES string of the molecule is CC(=O)Oc1ccc(C=CC(=O)OCc2ccccc2)cc1. The maximum absolute atomic E-state index is 11.6. The molecule has 0 aliphatic rings. The van der Waals surface area contributed by atoms with E-state index in [1.165, 1.54) is 13.0 Å². The molecule has 0 heterocycles. The van der Waals surface area contributed by atoms with E-state index >= 15 is 0 Å². The van der Waals surface area contributed by atoms with Crippen LogP contribution < -0.4 is 4.74 Å². The molecule has 0 spiro atoms. The first kappa shape index (κ1) is 15.5. The van der Waals surface area contributed by atoms with Gasteiger partial charge in [0.1, 0.15) is 12.4 Å². The predicted molar refractivity (Wildman–Crippen MR) is 83.0 cm³/mol. The van der Waals surface area contributed by atoms with E-state index in [-0.39, 0.29) is 12.6 Å². The van der Waals surface area contributed by atoms with Crippen LogP contribution in [0, 0.1) is 0 Å². The molecule has 2 aromatic rings. The highest BCUT2D eigenvalue weighted by atomic mass is 16.5. The number of ether oxygens (including phenoxy) is 2. The molecule has 0 bridgehead atoms. The fourth-order valence-electron chi connectivity index (χ4n) is 1.75. The summed E-state index contributed by atoms with van der Waals surface area (Å²) in [5.41, 5.74) is 1.75. The van der Waals surface area contributed by atoms with Crippen molar-refractivity contribution in [3.05, 3.63) is 71.8 Å². The molecule has 4 nitrogen and oxygen atoms in total. The van der Waals surface area contributed by atoms with Crippen LogP contribution in [0.25, 0.3) is 6.08 Å². The molecule has 0 aliphatic heterocycles. The zero-order chi connectivity index (χ0) is 15.8. The number of carbonyl (C=O) groups excluding carboxylic acids is 2. The van der Waals surface area contributed by atoms with Crippen LogP contribution in [-0.2, 0) is 20.9 Å². The Morgan fingerprint density at radius 1 is 1.00 bits per heavy atom. The first-order chi connectivity index (χ1) is 10.6. The molecular weight excluding hydrogens is 280 g/mol. The van der Waals surface area contributed by atoms with E-state index in [0.717, 1.165) is 11.1 Å². The Hall–Kier alpha value is -2.88. The number of benzene rings is 2. The van der Waals surface area contributed by atoms with Gasteiger partial charge in [0.25, 0.3) is 0 Å². The Bertz CT molecular complexity index is 657. The lowest BCUT2D eigenvalue weighted by atomic mass is 10.2. The van der Waals surface area contributed by atoms with Gasteiger partial charge in [0.05, 0.1) is 0 Å².